The quantitative estimate of drug-likeness (QED) is 0.368. The van der Waals surface area contributed by atoms with Crippen molar-refractivity contribution in [2.45, 2.75) is 32.4 Å². The monoisotopic (exact) mass is 307 g/mol. The van der Waals surface area contributed by atoms with Gasteiger partial charge in [-0.3, -0.25) is 0 Å². The second-order valence-corrected chi connectivity index (χ2v) is 11.8. The standard InChI is InChI=1S/C14H18ClN3OSi/c1-5-11-8-18(10-19-6-7-20(2,3)4)14-12(11)13(15)16-9-17-14/h1,8-9H,6-7,10H2,2-4H3. The third-order valence-electron chi connectivity index (χ3n) is 2.99. The van der Waals surface area contributed by atoms with Gasteiger partial charge in [0.25, 0.3) is 0 Å². The van der Waals surface area contributed by atoms with Crippen LogP contribution in [0.3, 0.4) is 0 Å². The minimum Gasteiger partial charge on any atom is -0.361 e. The normalized spacial score (nSPS) is 11.8. The van der Waals surface area contributed by atoms with Gasteiger partial charge in [-0.05, 0) is 6.04 Å². The SMILES string of the molecule is C#Cc1cn(COCC[Si](C)(C)C)c2ncnc(Cl)c12. The van der Waals surface area contributed by atoms with Gasteiger partial charge in [-0.1, -0.05) is 37.2 Å². The second kappa shape index (κ2) is 5.96. The van der Waals surface area contributed by atoms with Crippen LogP contribution >= 0.6 is 11.6 Å². The summed E-state index contributed by atoms with van der Waals surface area (Å²) in [6, 6.07) is 1.13. The van der Waals surface area contributed by atoms with Crippen molar-refractivity contribution >= 4 is 30.7 Å². The van der Waals surface area contributed by atoms with E-state index in [2.05, 4.69) is 35.5 Å². The fourth-order valence-electron chi connectivity index (χ4n) is 1.84. The summed E-state index contributed by atoms with van der Waals surface area (Å²) < 4.78 is 7.60. The van der Waals surface area contributed by atoms with E-state index >= 15 is 0 Å². The van der Waals surface area contributed by atoms with E-state index in [4.69, 9.17) is 22.8 Å². The number of nitrogens with zero attached hydrogens (tertiary/aromatic N) is 3. The molecule has 0 aliphatic heterocycles. The van der Waals surface area contributed by atoms with Crippen LogP contribution in [-0.2, 0) is 11.5 Å². The lowest BCUT2D eigenvalue weighted by Crippen LogP contribution is -2.22. The first-order valence-electron chi connectivity index (χ1n) is 6.46. The lowest BCUT2D eigenvalue weighted by molar-refractivity contribution is 0.0898. The van der Waals surface area contributed by atoms with Crippen LogP contribution in [0.5, 0.6) is 0 Å². The number of hydrogen-bond acceptors (Lipinski definition) is 3. The van der Waals surface area contributed by atoms with Crippen LogP contribution in [0.1, 0.15) is 5.56 Å². The molecule has 0 fully saturated rings. The molecule has 0 aliphatic carbocycles. The molecule has 0 N–H and O–H groups in total. The molecule has 0 aromatic carbocycles. The van der Waals surface area contributed by atoms with Crippen molar-refractivity contribution in [3.05, 3.63) is 23.2 Å². The van der Waals surface area contributed by atoms with Crippen molar-refractivity contribution in [1.82, 2.24) is 14.5 Å². The molecule has 6 heteroatoms. The van der Waals surface area contributed by atoms with E-state index in [-0.39, 0.29) is 0 Å². The van der Waals surface area contributed by atoms with E-state index in [1.54, 1.807) is 0 Å². The molecular formula is C14H18ClN3OSi. The number of terminal acetylenes is 1. The number of rotatable bonds is 5. The Bertz CT molecular complexity index is 655. The molecule has 0 radical (unpaired) electrons. The molecule has 0 aliphatic rings. The molecule has 2 aromatic heterocycles. The molecule has 0 unspecified atom stereocenters. The predicted octanol–water partition coefficient (Wildman–Crippen LogP) is 3.38. The summed E-state index contributed by atoms with van der Waals surface area (Å²) in [6.07, 6.45) is 8.76. The molecule has 20 heavy (non-hydrogen) atoms. The Hall–Kier alpha value is -1.35. The van der Waals surface area contributed by atoms with Gasteiger partial charge in [0.15, 0.2) is 0 Å². The number of halogens is 1. The highest BCUT2D eigenvalue weighted by Gasteiger charge is 2.14. The number of fused-ring (bicyclic) bond motifs is 1. The van der Waals surface area contributed by atoms with Gasteiger partial charge in [-0.25, -0.2) is 9.97 Å². The number of hydrogen-bond donors (Lipinski definition) is 0. The highest BCUT2D eigenvalue weighted by molar-refractivity contribution is 6.76. The molecule has 0 saturated heterocycles. The van der Waals surface area contributed by atoms with Crippen molar-refractivity contribution < 1.29 is 4.74 Å². The van der Waals surface area contributed by atoms with Crippen molar-refractivity contribution in [2.75, 3.05) is 6.61 Å². The topological polar surface area (TPSA) is 39.9 Å². The molecule has 0 saturated carbocycles. The summed E-state index contributed by atoms with van der Waals surface area (Å²) >= 11 is 6.08. The maximum absolute atomic E-state index is 6.08. The summed E-state index contributed by atoms with van der Waals surface area (Å²) in [6.45, 7) is 8.15. The molecule has 0 atom stereocenters. The Kier molecular flexibility index (Phi) is 4.48. The largest absolute Gasteiger partial charge is 0.361 e. The molecule has 2 rings (SSSR count). The fourth-order valence-corrected chi connectivity index (χ4v) is 2.82. The van der Waals surface area contributed by atoms with Gasteiger partial charge in [0.05, 0.1) is 10.9 Å². The van der Waals surface area contributed by atoms with Crippen LogP contribution in [0.15, 0.2) is 12.5 Å². The zero-order chi connectivity index (χ0) is 14.8. The molecule has 0 bridgehead atoms. The molecule has 2 heterocycles. The van der Waals surface area contributed by atoms with Gasteiger partial charge in [-0.2, -0.15) is 0 Å². The lowest BCUT2D eigenvalue weighted by Gasteiger charge is -2.15. The minimum atomic E-state index is -1.07. The minimum absolute atomic E-state index is 0.379. The zero-order valence-electron chi connectivity index (χ0n) is 12.0. The van der Waals surface area contributed by atoms with E-state index in [1.165, 1.54) is 6.33 Å². The van der Waals surface area contributed by atoms with E-state index in [1.807, 2.05) is 10.8 Å². The van der Waals surface area contributed by atoms with E-state index in [0.29, 0.717) is 28.5 Å². The lowest BCUT2D eigenvalue weighted by atomic mass is 10.2. The van der Waals surface area contributed by atoms with Crippen molar-refractivity contribution in [1.29, 1.82) is 0 Å². The number of aromatic nitrogens is 3. The van der Waals surface area contributed by atoms with Gasteiger partial charge in [-0.15, -0.1) is 6.42 Å². The van der Waals surface area contributed by atoms with Gasteiger partial charge >= 0.3 is 0 Å². The van der Waals surface area contributed by atoms with Crippen LogP contribution in [0.4, 0.5) is 0 Å². The molecule has 2 aromatic rings. The van der Waals surface area contributed by atoms with Gasteiger partial charge in [0, 0.05) is 20.9 Å². The van der Waals surface area contributed by atoms with E-state index in [0.717, 1.165) is 12.7 Å². The smallest absolute Gasteiger partial charge is 0.148 e. The summed E-state index contributed by atoms with van der Waals surface area (Å²) in [5, 5.41) is 1.09. The van der Waals surface area contributed by atoms with Gasteiger partial charge in [0.1, 0.15) is 23.9 Å². The van der Waals surface area contributed by atoms with Crippen LogP contribution in [0.25, 0.3) is 11.0 Å². The van der Waals surface area contributed by atoms with Crippen molar-refractivity contribution in [3.8, 4) is 12.3 Å². The first-order chi connectivity index (χ1) is 9.42. The maximum Gasteiger partial charge on any atom is 0.148 e. The molecule has 0 spiro atoms. The van der Waals surface area contributed by atoms with Crippen LogP contribution in [-0.4, -0.2) is 29.2 Å². The fraction of sp³-hybridized carbons (Fsp3) is 0.429. The Labute approximate surface area is 125 Å². The average molecular weight is 308 g/mol. The number of ether oxygens (including phenoxy) is 1. The van der Waals surface area contributed by atoms with Crippen LogP contribution in [0, 0.1) is 12.3 Å². The summed E-state index contributed by atoms with van der Waals surface area (Å²) in [5.74, 6) is 2.61. The second-order valence-electron chi connectivity index (χ2n) is 5.87. The third-order valence-corrected chi connectivity index (χ3v) is 4.98. The Morgan fingerprint density at radius 1 is 1.40 bits per heavy atom. The van der Waals surface area contributed by atoms with Crippen molar-refractivity contribution in [3.63, 3.8) is 0 Å². The first-order valence-corrected chi connectivity index (χ1v) is 10.5. The predicted molar refractivity (Wildman–Crippen MR) is 84.6 cm³/mol. The molecule has 0 amide bonds. The highest BCUT2D eigenvalue weighted by Crippen LogP contribution is 2.24. The molecular weight excluding hydrogens is 290 g/mol. The summed E-state index contributed by atoms with van der Waals surface area (Å²) in [5.41, 5.74) is 1.41. The van der Waals surface area contributed by atoms with Gasteiger partial charge in [0.2, 0.25) is 0 Å². The van der Waals surface area contributed by atoms with E-state index in [9.17, 15) is 0 Å². The summed E-state index contributed by atoms with van der Waals surface area (Å²) in [7, 11) is -1.07. The Morgan fingerprint density at radius 2 is 2.15 bits per heavy atom. The van der Waals surface area contributed by atoms with Crippen LogP contribution in [0.2, 0.25) is 30.8 Å². The van der Waals surface area contributed by atoms with E-state index < -0.39 is 8.07 Å². The zero-order valence-corrected chi connectivity index (χ0v) is 13.7. The summed E-state index contributed by atoms with van der Waals surface area (Å²) in [4.78, 5) is 8.21. The van der Waals surface area contributed by atoms with Gasteiger partial charge < -0.3 is 9.30 Å². The molecule has 106 valence electrons. The Balaban J connectivity index is 2.15. The Morgan fingerprint density at radius 3 is 2.80 bits per heavy atom. The van der Waals surface area contributed by atoms with Crippen molar-refractivity contribution in [2.24, 2.45) is 0 Å². The average Bonchev–Trinajstić information content (AvgIpc) is 2.73. The third kappa shape index (κ3) is 3.40. The first kappa shape index (κ1) is 15.0. The molecule has 4 nitrogen and oxygen atoms in total. The maximum atomic E-state index is 6.08. The highest BCUT2D eigenvalue weighted by atomic mass is 35.5. The van der Waals surface area contributed by atoms with Crippen LogP contribution < -0.4 is 0 Å².